The largest absolute Gasteiger partial charge is 0.309 e. The Balaban J connectivity index is 1.66. The molecule has 0 fully saturated rings. The summed E-state index contributed by atoms with van der Waals surface area (Å²) in [4.78, 5) is 11.4. The minimum absolute atomic E-state index is 0.462. The average Bonchev–Trinajstić information content (AvgIpc) is 3.23. The molecule has 0 unspecified atom stereocenters. The first-order valence-corrected chi connectivity index (χ1v) is 11.0. The lowest BCUT2D eigenvalue weighted by Crippen LogP contribution is -1.92. The van der Waals surface area contributed by atoms with E-state index in [2.05, 4.69) is 94.7 Å². The van der Waals surface area contributed by atoms with Gasteiger partial charge in [0.25, 0.3) is 0 Å². The maximum absolute atomic E-state index is 11.4. The van der Waals surface area contributed by atoms with Gasteiger partial charge in [0.15, 0.2) is 0 Å². The lowest BCUT2D eigenvalue weighted by Gasteiger charge is -2.11. The van der Waals surface area contributed by atoms with Crippen LogP contribution in [0.25, 0.3) is 60.2 Å². The van der Waals surface area contributed by atoms with Gasteiger partial charge in [-0.15, -0.1) is 4.91 Å². The van der Waals surface area contributed by atoms with Crippen molar-refractivity contribution >= 4 is 49.0 Å². The molecule has 33 heavy (non-hydrogen) atoms. The van der Waals surface area contributed by atoms with Gasteiger partial charge in [0.05, 0.1) is 11.0 Å². The molecule has 0 saturated carbocycles. The molecule has 0 aliphatic heterocycles. The number of para-hydroxylation sites is 1. The summed E-state index contributed by atoms with van der Waals surface area (Å²) in [6.07, 6.45) is 0. The fraction of sp³-hybridized carbons (Fsp3) is 0. The Morgan fingerprint density at radius 1 is 0.545 bits per heavy atom. The molecule has 0 aliphatic rings. The van der Waals surface area contributed by atoms with Crippen molar-refractivity contribution in [2.75, 3.05) is 0 Å². The molecule has 1 heterocycles. The van der Waals surface area contributed by atoms with Crippen LogP contribution in [0, 0.1) is 4.91 Å². The third kappa shape index (κ3) is 2.45. The molecule has 0 atom stereocenters. The molecule has 3 heteroatoms. The van der Waals surface area contributed by atoms with Crippen molar-refractivity contribution in [2.45, 2.75) is 0 Å². The second-order valence-electron chi connectivity index (χ2n) is 8.44. The number of hydrogen-bond acceptors (Lipinski definition) is 2. The van der Waals surface area contributed by atoms with E-state index in [9.17, 15) is 4.91 Å². The number of hydrogen-bond donors (Lipinski definition) is 0. The third-order valence-corrected chi connectivity index (χ3v) is 6.74. The predicted molar refractivity (Wildman–Crippen MR) is 138 cm³/mol. The van der Waals surface area contributed by atoms with Crippen LogP contribution in [0.2, 0.25) is 0 Å². The summed E-state index contributed by atoms with van der Waals surface area (Å²) in [6, 6.07) is 37.7. The predicted octanol–water partition coefficient (Wildman–Crippen LogP) is 8.59. The van der Waals surface area contributed by atoms with Crippen LogP contribution in [0.4, 0.5) is 5.69 Å². The Morgan fingerprint density at radius 2 is 1.21 bits per heavy atom. The first kappa shape index (κ1) is 18.1. The van der Waals surface area contributed by atoms with E-state index in [1.165, 1.54) is 43.4 Å². The molecule has 6 aromatic carbocycles. The third-order valence-electron chi connectivity index (χ3n) is 6.74. The standard InChI is InChI=1S/C30H18N2O/c33-31-26-13-5-4-10-21(26)19-16-17-22-23-11-6-14-27-29(23)30-24(25(22)18-19)12-7-15-28(30)32(27)20-8-2-1-3-9-20/h1-18H. The van der Waals surface area contributed by atoms with E-state index in [0.29, 0.717) is 5.69 Å². The van der Waals surface area contributed by atoms with E-state index < -0.39 is 0 Å². The number of fused-ring (bicyclic) bond motifs is 3. The van der Waals surface area contributed by atoms with Crippen molar-refractivity contribution in [2.24, 2.45) is 5.18 Å². The van der Waals surface area contributed by atoms with Crippen LogP contribution in [0.5, 0.6) is 0 Å². The molecule has 0 spiro atoms. The topological polar surface area (TPSA) is 34.4 Å². The molecule has 0 N–H and O–H groups in total. The second-order valence-corrected chi connectivity index (χ2v) is 8.44. The maximum Gasteiger partial charge on any atom is 0.115 e. The molecule has 3 nitrogen and oxygen atoms in total. The molecule has 7 aromatic rings. The summed E-state index contributed by atoms with van der Waals surface area (Å²) >= 11 is 0. The molecule has 0 amide bonds. The minimum Gasteiger partial charge on any atom is -0.309 e. The Morgan fingerprint density at radius 3 is 1.94 bits per heavy atom. The Bertz CT molecular complexity index is 1830. The van der Waals surface area contributed by atoms with Crippen molar-refractivity contribution in [1.82, 2.24) is 4.57 Å². The van der Waals surface area contributed by atoms with E-state index in [4.69, 9.17) is 0 Å². The van der Waals surface area contributed by atoms with Gasteiger partial charge in [0.1, 0.15) is 5.69 Å². The van der Waals surface area contributed by atoms with Crippen molar-refractivity contribution in [3.63, 3.8) is 0 Å². The van der Waals surface area contributed by atoms with Crippen LogP contribution in [-0.2, 0) is 0 Å². The summed E-state index contributed by atoms with van der Waals surface area (Å²) in [5.41, 5.74) is 5.89. The highest BCUT2D eigenvalue weighted by Crippen LogP contribution is 2.44. The molecule has 1 aromatic heterocycles. The quantitative estimate of drug-likeness (QED) is 0.207. The smallest absolute Gasteiger partial charge is 0.115 e. The molecular formula is C30H18N2O. The Labute approximate surface area is 189 Å². The van der Waals surface area contributed by atoms with Crippen LogP contribution in [0.15, 0.2) is 114 Å². The number of benzene rings is 6. The van der Waals surface area contributed by atoms with Crippen LogP contribution in [-0.4, -0.2) is 4.57 Å². The summed E-state index contributed by atoms with van der Waals surface area (Å²) in [7, 11) is 0. The van der Waals surface area contributed by atoms with Gasteiger partial charge in [-0.2, -0.15) is 0 Å². The fourth-order valence-corrected chi connectivity index (χ4v) is 5.38. The molecule has 0 bridgehead atoms. The lowest BCUT2D eigenvalue weighted by atomic mass is 9.92. The highest BCUT2D eigenvalue weighted by Gasteiger charge is 2.19. The van der Waals surface area contributed by atoms with Crippen molar-refractivity contribution in [3.8, 4) is 16.8 Å². The fourth-order valence-electron chi connectivity index (χ4n) is 5.38. The SMILES string of the molecule is O=Nc1ccccc1-c1ccc2c(c1)c1cccc3c1c1c2cccc1n3-c1ccccc1. The number of rotatable bonds is 3. The van der Waals surface area contributed by atoms with Gasteiger partial charge in [-0.05, 0) is 68.7 Å². The zero-order valence-electron chi connectivity index (χ0n) is 17.7. The van der Waals surface area contributed by atoms with Crippen LogP contribution >= 0.6 is 0 Å². The summed E-state index contributed by atoms with van der Waals surface area (Å²) < 4.78 is 2.36. The van der Waals surface area contributed by atoms with Gasteiger partial charge in [-0.1, -0.05) is 72.8 Å². The monoisotopic (exact) mass is 422 g/mol. The first-order valence-electron chi connectivity index (χ1n) is 11.0. The van der Waals surface area contributed by atoms with E-state index >= 15 is 0 Å². The van der Waals surface area contributed by atoms with E-state index in [1.807, 2.05) is 18.2 Å². The molecule has 0 aliphatic carbocycles. The minimum atomic E-state index is 0.462. The Kier molecular flexibility index (Phi) is 3.70. The van der Waals surface area contributed by atoms with Crippen LogP contribution < -0.4 is 0 Å². The number of aromatic nitrogens is 1. The Hall–Kier alpha value is -4.50. The molecule has 0 saturated heterocycles. The van der Waals surface area contributed by atoms with Gasteiger partial charge in [0.2, 0.25) is 0 Å². The van der Waals surface area contributed by atoms with Crippen LogP contribution in [0.1, 0.15) is 0 Å². The zero-order valence-corrected chi connectivity index (χ0v) is 17.7. The van der Waals surface area contributed by atoms with E-state index in [0.717, 1.165) is 16.8 Å². The van der Waals surface area contributed by atoms with Gasteiger partial charge >= 0.3 is 0 Å². The second kappa shape index (κ2) is 6.75. The average molecular weight is 422 g/mol. The van der Waals surface area contributed by atoms with E-state index in [-0.39, 0.29) is 0 Å². The van der Waals surface area contributed by atoms with Crippen molar-refractivity contribution in [1.29, 1.82) is 0 Å². The summed E-state index contributed by atoms with van der Waals surface area (Å²) in [5.74, 6) is 0. The van der Waals surface area contributed by atoms with Crippen molar-refractivity contribution < 1.29 is 0 Å². The molecule has 0 radical (unpaired) electrons. The summed E-state index contributed by atoms with van der Waals surface area (Å²) in [6.45, 7) is 0. The maximum atomic E-state index is 11.4. The highest BCUT2D eigenvalue weighted by atomic mass is 16.3. The molecule has 7 rings (SSSR count). The molecular weight excluding hydrogens is 404 g/mol. The van der Waals surface area contributed by atoms with Crippen molar-refractivity contribution in [3.05, 3.63) is 114 Å². The van der Waals surface area contributed by atoms with Gasteiger partial charge in [-0.25, -0.2) is 0 Å². The van der Waals surface area contributed by atoms with Crippen LogP contribution in [0.3, 0.4) is 0 Å². The van der Waals surface area contributed by atoms with Gasteiger partial charge < -0.3 is 4.57 Å². The lowest BCUT2D eigenvalue weighted by molar-refractivity contribution is 1.18. The van der Waals surface area contributed by atoms with Gasteiger partial charge in [0, 0.05) is 22.0 Å². The van der Waals surface area contributed by atoms with E-state index in [1.54, 1.807) is 6.07 Å². The molecule has 154 valence electrons. The van der Waals surface area contributed by atoms with Gasteiger partial charge in [-0.3, -0.25) is 0 Å². The number of nitroso groups, excluding NO2 is 1. The number of nitrogens with zero attached hydrogens (tertiary/aromatic N) is 2. The normalized spacial score (nSPS) is 11.8. The summed E-state index contributed by atoms with van der Waals surface area (Å²) in [5, 5.41) is 10.7. The zero-order chi connectivity index (χ0) is 21.9. The highest BCUT2D eigenvalue weighted by molar-refractivity contribution is 6.34. The first-order chi connectivity index (χ1) is 16.3.